The summed E-state index contributed by atoms with van der Waals surface area (Å²) in [6.45, 7) is 1.52. The van der Waals surface area contributed by atoms with Crippen LogP contribution in [0.5, 0.6) is 0 Å². The first kappa shape index (κ1) is 21.7. The third kappa shape index (κ3) is 5.22. The lowest BCUT2D eigenvalue weighted by Gasteiger charge is -2.34. The molecule has 2 atom stereocenters. The predicted molar refractivity (Wildman–Crippen MR) is 105 cm³/mol. The highest BCUT2D eigenvalue weighted by molar-refractivity contribution is 7.77. The van der Waals surface area contributed by atoms with E-state index in [0.717, 1.165) is 17.2 Å². The maximum atomic E-state index is 13.0. The van der Waals surface area contributed by atoms with Crippen LogP contribution in [0.3, 0.4) is 0 Å². The molecule has 146 valence electrons. The molecule has 0 aromatic carbocycles. The van der Waals surface area contributed by atoms with Gasteiger partial charge in [-0.1, -0.05) is 6.08 Å². The Hall–Kier alpha value is -1.62. The smallest absolute Gasteiger partial charge is 0.245 e. The summed E-state index contributed by atoms with van der Waals surface area (Å²) in [4.78, 5) is 28.9. The lowest BCUT2D eigenvalue weighted by Crippen LogP contribution is -2.29. The van der Waals surface area contributed by atoms with Gasteiger partial charge in [0.25, 0.3) is 0 Å². The summed E-state index contributed by atoms with van der Waals surface area (Å²) < 4.78 is 25.9. The van der Waals surface area contributed by atoms with Gasteiger partial charge in [-0.05, 0) is 61.2 Å². The van der Waals surface area contributed by atoms with E-state index in [4.69, 9.17) is 0 Å². The maximum absolute atomic E-state index is 13.0. The molecule has 0 aliphatic rings. The van der Waals surface area contributed by atoms with E-state index in [9.17, 15) is 24.0 Å². The first-order valence-electron chi connectivity index (χ1n) is 8.50. The Morgan fingerprint density at radius 3 is 1.59 bits per heavy atom. The zero-order chi connectivity index (χ0) is 20.0. The molecule has 0 radical (unpaired) electrons. The van der Waals surface area contributed by atoms with Gasteiger partial charge >= 0.3 is 0 Å². The third-order valence-electron chi connectivity index (χ3n) is 4.32. The van der Waals surface area contributed by atoms with Crippen LogP contribution in [0.25, 0.3) is 0 Å². The average molecular weight is 410 g/mol. The molecule has 2 aromatic heterocycles. The summed E-state index contributed by atoms with van der Waals surface area (Å²) in [5.41, 5.74) is 1.51. The molecule has 0 aliphatic carbocycles. The van der Waals surface area contributed by atoms with E-state index >= 15 is 0 Å². The van der Waals surface area contributed by atoms with E-state index in [1.54, 1.807) is 49.1 Å². The number of nitrogens with zero attached hydrogens (tertiary/aromatic N) is 2. The first-order valence-corrected chi connectivity index (χ1v) is 12.2. The van der Waals surface area contributed by atoms with Crippen LogP contribution in [0.2, 0.25) is 0 Å². The second-order valence-electron chi connectivity index (χ2n) is 6.25. The fourth-order valence-electron chi connectivity index (χ4n) is 2.69. The fourth-order valence-corrected chi connectivity index (χ4v) is 7.79. The highest BCUT2D eigenvalue weighted by atomic mass is 31.2. The van der Waals surface area contributed by atoms with Crippen molar-refractivity contribution < 1.29 is 24.0 Å². The zero-order valence-electron chi connectivity index (χ0n) is 15.0. The van der Waals surface area contributed by atoms with Crippen molar-refractivity contribution in [2.45, 2.75) is 24.8 Å². The van der Waals surface area contributed by atoms with Gasteiger partial charge in [0.15, 0.2) is 0 Å². The van der Waals surface area contributed by atoms with E-state index in [-0.39, 0.29) is 25.2 Å². The van der Waals surface area contributed by atoms with E-state index in [2.05, 4.69) is 9.97 Å². The van der Waals surface area contributed by atoms with Crippen molar-refractivity contribution in [1.82, 2.24) is 9.97 Å². The lowest BCUT2D eigenvalue weighted by molar-refractivity contribution is 0.212. The van der Waals surface area contributed by atoms with Gasteiger partial charge in [-0.25, -0.2) is 0 Å². The molecule has 27 heavy (non-hydrogen) atoms. The summed E-state index contributed by atoms with van der Waals surface area (Å²) in [6.07, 6.45) is 8.25. The standard InChI is InChI=1S/C18H24N2O5P2/c1-2-9-18(21,26(22,23)14-7-16-3-10-19-11-4-16)27(24,25)15-8-17-5-12-20-13-6-17/h2-6,9-13,21H,7-8,14-15H2,1H3,(H,22,23)(H,24,25). The van der Waals surface area contributed by atoms with Crippen LogP contribution in [0.1, 0.15) is 18.1 Å². The van der Waals surface area contributed by atoms with E-state index in [1.807, 2.05) is 0 Å². The monoisotopic (exact) mass is 410 g/mol. The molecule has 0 amide bonds. The van der Waals surface area contributed by atoms with Crippen molar-refractivity contribution in [3.63, 3.8) is 0 Å². The van der Waals surface area contributed by atoms with Gasteiger partial charge in [-0.3, -0.25) is 19.1 Å². The largest absolute Gasteiger partial charge is 0.368 e. The van der Waals surface area contributed by atoms with E-state index < -0.39 is 19.8 Å². The molecule has 0 spiro atoms. The lowest BCUT2D eigenvalue weighted by atomic mass is 10.2. The van der Waals surface area contributed by atoms with Crippen LogP contribution >= 0.6 is 14.7 Å². The van der Waals surface area contributed by atoms with Gasteiger partial charge in [0.1, 0.15) is 0 Å². The topological polar surface area (TPSA) is 121 Å². The fraction of sp³-hybridized carbons (Fsp3) is 0.333. The van der Waals surface area contributed by atoms with Gasteiger partial charge in [0, 0.05) is 37.1 Å². The van der Waals surface area contributed by atoms with Gasteiger partial charge in [-0.2, -0.15) is 0 Å². The van der Waals surface area contributed by atoms with Crippen LogP contribution in [0, 0.1) is 0 Å². The molecule has 9 heteroatoms. The summed E-state index contributed by atoms with van der Waals surface area (Å²) in [5.74, 6) is 0. The molecule has 2 aromatic rings. The minimum absolute atomic E-state index is 0.181. The van der Waals surface area contributed by atoms with Crippen LogP contribution in [0.4, 0.5) is 0 Å². The number of pyridine rings is 2. The van der Waals surface area contributed by atoms with Crippen molar-refractivity contribution in [3.05, 3.63) is 72.3 Å². The van der Waals surface area contributed by atoms with E-state index in [0.29, 0.717) is 0 Å². The van der Waals surface area contributed by atoms with Crippen molar-refractivity contribution >= 4 is 14.7 Å². The number of hydrogen-bond donors (Lipinski definition) is 3. The number of aliphatic hydroxyl groups is 1. The minimum Gasteiger partial charge on any atom is -0.368 e. The van der Waals surface area contributed by atoms with Crippen LogP contribution < -0.4 is 0 Å². The molecule has 0 aliphatic heterocycles. The molecule has 2 unspecified atom stereocenters. The number of rotatable bonds is 9. The molecule has 0 fully saturated rings. The average Bonchev–Trinajstić information content (AvgIpc) is 2.66. The zero-order valence-corrected chi connectivity index (χ0v) is 16.8. The SMILES string of the molecule is CC=CC(O)(P(=O)(O)CCc1ccncc1)P(=O)(O)CCc1ccncc1. The molecule has 0 saturated carbocycles. The Kier molecular flexibility index (Phi) is 7.26. The van der Waals surface area contributed by atoms with Crippen LogP contribution in [-0.4, -0.2) is 42.3 Å². The van der Waals surface area contributed by atoms with Gasteiger partial charge < -0.3 is 14.9 Å². The molecule has 7 nitrogen and oxygen atoms in total. The highest BCUT2D eigenvalue weighted by Crippen LogP contribution is 2.72. The van der Waals surface area contributed by atoms with E-state index in [1.165, 1.54) is 13.0 Å². The number of allylic oxidation sites excluding steroid dienone is 1. The summed E-state index contributed by atoms with van der Waals surface area (Å²) in [5, 5.41) is 8.20. The Labute approximate surface area is 158 Å². The van der Waals surface area contributed by atoms with Crippen molar-refractivity contribution in [3.8, 4) is 0 Å². The molecule has 0 saturated heterocycles. The predicted octanol–water partition coefficient (Wildman–Crippen LogP) is 3.02. The molecule has 0 bridgehead atoms. The third-order valence-corrected chi connectivity index (χ3v) is 10.2. The Morgan fingerprint density at radius 1 is 0.889 bits per heavy atom. The Balaban J connectivity index is 2.22. The Morgan fingerprint density at radius 2 is 1.26 bits per heavy atom. The molecule has 3 N–H and O–H groups in total. The van der Waals surface area contributed by atoms with Gasteiger partial charge in [0.2, 0.25) is 19.8 Å². The van der Waals surface area contributed by atoms with Crippen LogP contribution in [-0.2, 0) is 22.0 Å². The van der Waals surface area contributed by atoms with Crippen LogP contribution in [0.15, 0.2) is 61.2 Å². The molecule has 2 rings (SSSR count). The quantitative estimate of drug-likeness (QED) is 0.429. The highest BCUT2D eigenvalue weighted by Gasteiger charge is 2.56. The second kappa shape index (κ2) is 9.05. The number of hydrogen-bond acceptors (Lipinski definition) is 5. The van der Waals surface area contributed by atoms with Gasteiger partial charge in [0.05, 0.1) is 0 Å². The molecule has 2 heterocycles. The Bertz CT molecular complexity index is 795. The van der Waals surface area contributed by atoms with Crippen molar-refractivity contribution in [1.29, 1.82) is 0 Å². The van der Waals surface area contributed by atoms with Gasteiger partial charge in [-0.15, -0.1) is 0 Å². The summed E-state index contributed by atoms with van der Waals surface area (Å²) in [7, 11) is -8.83. The normalized spacial score (nSPS) is 18.5. The molecular formula is C18H24N2O5P2. The maximum Gasteiger partial charge on any atom is 0.245 e. The molecular weight excluding hydrogens is 386 g/mol. The summed E-state index contributed by atoms with van der Waals surface area (Å²) >= 11 is 0. The minimum atomic E-state index is -4.42. The number of aryl methyl sites for hydroxylation is 2. The second-order valence-corrected chi connectivity index (χ2v) is 11.7. The summed E-state index contributed by atoms with van der Waals surface area (Å²) in [6, 6.07) is 6.76. The first-order chi connectivity index (χ1) is 12.7. The van der Waals surface area contributed by atoms with Crippen molar-refractivity contribution in [2.24, 2.45) is 0 Å². The number of aromatic nitrogens is 2. The van der Waals surface area contributed by atoms with Crippen molar-refractivity contribution in [2.75, 3.05) is 12.3 Å².